The van der Waals surface area contributed by atoms with E-state index in [0.717, 1.165) is 25.7 Å². The first kappa shape index (κ1) is 16.7. The molecule has 2 N–H and O–H groups in total. The number of allylic oxidation sites excluding steroid dienone is 2. The van der Waals surface area contributed by atoms with Crippen molar-refractivity contribution >= 4 is 11.9 Å². The van der Waals surface area contributed by atoms with Gasteiger partial charge >= 0.3 is 11.9 Å². The highest BCUT2D eigenvalue weighted by atomic mass is 16.4. The van der Waals surface area contributed by atoms with Crippen molar-refractivity contribution in [3.63, 3.8) is 0 Å². The summed E-state index contributed by atoms with van der Waals surface area (Å²) in [6.45, 7) is 3.88. The Kier molecular flexibility index (Phi) is 6.24. The van der Waals surface area contributed by atoms with Crippen LogP contribution in [0, 0.1) is 11.3 Å². The third kappa shape index (κ3) is 4.99. The van der Waals surface area contributed by atoms with Crippen LogP contribution in [0.1, 0.15) is 65.2 Å². The minimum atomic E-state index is -1.16. The van der Waals surface area contributed by atoms with Crippen molar-refractivity contribution in [2.75, 3.05) is 0 Å². The third-order valence-electron chi connectivity index (χ3n) is 4.02. The first-order valence-electron chi connectivity index (χ1n) is 7.49. The molecule has 0 amide bonds. The van der Waals surface area contributed by atoms with Gasteiger partial charge in [0.25, 0.3) is 0 Å². The quantitative estimate of drug-likeness (QED) is 0.695. The maximum atomic E-state index is 11.7. The maximum absolute atomic E-state index is 11.7. The van der Waals surface area contributed by atoms with Crippen molar-refractivity contribution in [1.29, 1.82) is 0 Å². The fourth-order valence-electron chi connectivity index (χ4n) is 3.10. The minimum Gasteiger partial charge on any atom is -0.481 e. The number of carbonyl (C=O) groups is 2. The van der Waals surface area contributed by atoms with Crippen molar-refractivity contribution in [3.8, 4) is 0 Å². The molecule has 4 nitrogen and oxygen atoms in total. The van der Waals surface area contributed by atoms with E-state index in [1.807, 2.05) is 19.9 Å². The molecule has 1 aliphatic rings. The van der Waals surface area contributed by atoms with Gasteiger partial charge in [-0.2, -0.15) is 0 Å². The molecule has 4 heteroatoms. The number of aliphatic carboxylic acids is 2. The van der Waals surface area contributed by atoms with Gasteiger partial charge in [0, 0.05) is 0 Å². The van der Waals surface area contributed by atoms with Crippen molar-refractivity contribution in [2.45, 2.75) is 65.2 Å². The average Bonchev–Trinajstić information content (AvgIpc) is 2.35. The van der Waals surface area contributed by atoms with Gasteiger partial charge in [-0.1, -0.05) is 31.9 Å². The summed E-state index contributed by atoms with van der Waals surface area (Å²) in [5.74, 6) is -1.86. The number of rotatable bonds is 7. The van der Waals surface area contributed by atoms with Crippen LogP contribution in [-0.2, 0) is 9.59 Å². The summed E-state index contributed by atoms with van der Waals surface area (Å²) >= 11 is 0. The Bertz CT molecular complexity index is 376. The molecule has 1 saturated carbocycles. The summed E-state index contributed by atoms with van der Waals surface area (Å²) < 4.78 is 0. The summed E-state index contributed by atoms with van der Waals surface area (Å²) in [7, 11) is 0. The van der Waals surface area contributed by atoms with Crippen LogP contribution in [0.2, 0.25) is 0 Å². The third-order valence-corrected chi connectivity index (χ3v) is 4.02. The molecule has 0 bridgehead atoms. The number of carboxylic acid groups (broad SMARTS) is 2. The SMILES string of the molecule is CC(C)C[C@@](CC=C1CCCCC1)(CC(=O)O)C(=O)O. The van der Waals surface area contributed by atoms with Gasteiger partial charge in [0.15, 0.2) is 0 Å². The van der Waals surface area contributed by atoms with Crippen molar-refractivity contribution in [2.24, 2.45) is 11.3 Å². The van der Waals surface area contributed by atoms with E-state index in [1.165, 1.54) is 12.0 Å². The van der Waals surface area contributed by atoms with Crippen molar-refractivity contribution in [1.82, 2.24) is 0 Å². The maximum Gasteiger partial charge on any atom is 0.310 e. The van der Waals surface area contributed by atoms with E-state index >= 15 is 0 Å². The highest BCUT2D eigenvalue weighted by Gasteiger charge is 2.40. The van der Waals surface area contributed by atoms with Gasteiger partial charge in [-0.05, 0) is 44.4 Å². The van der Waals surface area contributed by atoms with Gasteiger partial charge in [0.1, 0.15) is 0 Å². The predicted octanol–water partition coefficient (Wildman–Crippen LogP) is 3.86. The van der Waals surface area contributed by atoms with E-state index in [4.69, 9.17) is 5.11 Å². The van der Waals surface area contributed by atoms with Gasteiger partial charge in [0.05, 0.1) is 11.8 Å². The molecule has 1 atom stereocenters. The zero-order valence-corrected chi connectivity index (χ0v) is 12.5. The smallest absolute Gasteiger partial charge is 0.310 e. The van der Waals surface area contributed by atoms with Crippen LogP contribution in [0.5, 0.6) is 0 Å². The second kappa shape index (κ2) is 7.46. The number of carboxylic acids is 2. The lowest BCUT2D eigenvalue weighted by Gasteiger charge is -2.29. The summed E-state index contributed by atoms with van der Waals surface area (Å²) in [6.07, 6.45) is 8.06. The van der Waals surface area contributed by atoms with Gasteiger partial charge in [-0.3, -0.25) is 9.59 Å². The van der Waals surface area contributed by atoms with Gasteiger partial charge in [-0.25, -0.2) is 0 Å². The van der Waals surface area contributed by atoms with Gasteiger partial charge < -0.3 is 10.2 Å². The molecule has 114 valence electrons. The van der Waals surface area contributed by atoms with Crippen LogP contribution in [0.25, 0.3) is 0 Å². The van der Waals surface area contributed by atoms with E-state index in [9.17, 15) is 14.7 Å². The second-order valence-corrected chi connectivity index (χ2v) is 6.38. The Balaban J connectivity index is 2.88. The Morgan fingerprint density at radius 1 is 1.20 bits per heavy atom. The Morgan fingerprint density at radius 3 is 2.25 bits per heavy atom. The molecule has 0 saturated heterocycles. The summed E-state index contributed by atoms with van der Waals surface area (Å²) in [6, 6.07) is 0. The molecule has 1 aliphatic carbocycles. The van der Waals surface area contributed by atoms with Crippen molar-refractivity contribution < 1.29 is 19.8 Å². The monoisotopic (exact) mass is 282 g/mol. The standard InChI is InChI=1S/C16H26O4/c1-12(2)10-16(15(19)20,11-14(17)18)9-8-13-6-4-3-5-7-13/h8,12H,3-7,9-11H2,1-2H3,(H,17,18)(H,19,20)/t16-/m0/s1. The van der Waals surface area contributed by atoms with E-state index in [2.05, 4.69) is 0 Å². The molecule has 0 unspecified atom stereocenters. The van der Waals surface area contributed by atoms with Crippen LogP contribution < -0.4 is 0 Å². The Morgan fingerprint density at radius 2 is 1.80 bits per heavy atom. The van der Waals surface area contributed by atoms with E-state index in [1.54, 1.807) is 0 Å². The summed E-state index contributed by atoms with van der Waals surface area (Å²) in [5.41, 5.74) is 0.140. The molecule has 20 heavy (non-hydrogen) atoms. The number of hydrogen-bond acceptors (Lipinski definition) is 2. The lowest BCUT2D eigenvalue weighted by atomic mass is 9.74. The first-order chi connectivity index (χ1) is 9.35. The Hall–Kier alpha value is -1.32. The lowest BCUT2D eigenvalue weighted by molar-refractivity contribution is -0.156. The average molecular weight is 282 g/mol. The zero-order chi connectivity index (χ0) is 15.2. The topological polar surface area (TPSA) is 74.6 Å². The molecule has 1 rings (SSSR count). The summed E-state index contributed by atoms with van der Waals surface area (Å²) in [5, 5.41) is 18.6. The van der Waals surface area contributed by atoms with Crippen LogP contribution in [0.4, 0.5) is 0 Å². The second-order valence-electron chi connectivity index (χ2n) is 6.38. The normalized spacial score (nSPS) is 18.6. The lowest BCUT2D eigenvalue weighted by Crippen LogP contribution is -2.34. The molecule has 1 fully saturated rings. The molecule has 0 aromatic heterocycles. The molecule has 0 aromatic carbocycles. The predicted molar refractivity (Wildman–Crippen MR) is 77.6 cm³/mol. The zero-order valence-electron chi connectivity index (χ0n) is 12.5. The molecular weight excluding hydrogens is 256 g/mol. The van der Waals surface area contributed by atoms with Crippen LogP contribution in [0.15, 0.2) is 11.6 Å². The largest absolute Gasteiger partial charge is 0.481 e. The summed E-state index contributed by atoms with van der Waals surface area (Å²) in [4.78, 5) is 22.7. The highest BCUT2D eigenvalue weighted by molar-refractivity contribution is 5.81. The van der Waals surface area contributed by atoms with Crippen LogP contribution in [0.3, 0.4) is 0 Å². The van der Waals surface area contributed by atoms with Crippen molar-refractivity contribution in [3.05, 3.63) is 11.6 Å². The fourth-order valence-corrected chi connectivity index (χ4v) is 3.10. The molecule has 0 radical (unpaired) electrons. The molecule has 0 aliphatic heterocycles. The molecule has 0 spiro atoms. The van der Waals surface area contributed by atoms with E-state index < -0.39 is 17.4 Å². The highest BCUT2D eigenvalue weighted by Crippen LogP contribution is 2.37. The minimum absolute atomic E-state index is 0.162. The van der Waals surface area contributed by atoms with E-state index in [0.29, 0.717) is 12.8 Å². The molecular formula is C16H26O4. The number of hydrogen-bond donors (Lipinski definition) is 2. The molecule has 0 aromatic rings. The van der Waals surface area contributed by atoms with Gasteiger partial charge in [-0.15, -0.1) is 0 Å². The Labute approximate surface area is 120 Å². The van der Waals surface area contributed by atoms with Crippen LogP contribution >= 0.6 is 0 Å². The first-order valence-corrected chi connectivity index (χ1v) is 7.49. The van der Waals surface area contributed by atoms with Gasteiger partial charge in [0.2, 0.25) is 0 Å². The molecule has 0 heterocycles. The van der Waals surface area contributed by atoms with Crippen LogP contribution in [-0.4, -0.2) is 22.2 Å². The van der Waals surface area contributed by atoms with E-state index in [-0.39, 0.29) is 12.3 Å². The fraction of sp³-hybridized carbons (Fsp3) is 0.750.